The molecule has 8 nitrogen and oxygen atoms in total. The highest BCUT2D eigenvalue weighted by atomic mass is 31.2. The maximum Gasteiger partial charge on any atom is 0.472 e. The molecule has 1 amide bonds. The van der Waals surface area contributed by atoms with Crippen molar-refractivity contribution in [3.63, 3.8) is 0 Å². The minimum absolute atomic E-state index is 0.0449. The van der Waals surface area contributed by atoms with Gasteiger partial charge in [0, 0.05) is 6.42 Å². The number of nitrogens with one attached hydrogen (secondary N) is 1. The second-order valence-corrected chi connectivity index (χ2v) is 24.9. The van der Waals surface area contributed by atoms with Crippen LogP contribution in [0, 0.1) is 0 Å². The Morgan fingerprint density at radius 1 is 0.427 bits per heavy atom. The van der Waals surface area contributed by atoms with E-state index in [0.29, 0.717) is 17.4 Å². The Labute approximate surface area is 506 Å². The van der Waals surface area contributed by atoms with Crippen LogP contribution in [0.5, 0.6) is 0 Å². The van der Waals surface area contributed by atoms with Crippen molar-refractivity contribution in [1.29, 1.82) is 0 Å². The SMILES string of the molecule is CC/C=C\C/C=C\C/C=C\C/C=C\C/C=C\C/C=C\C/C=C\C/C=C\CCCCCCCCCCC(=O)NC(COP(=O)(O)OCC[N+](C)(C)C)C(O)/C=C/CC/C=C/CC/C=C/CCCCCCCCCCCCCCCCCCC. The van der Waals surface area contributed by atoms with E-state index >= 15 is 0 Å². The second kappa shape index (κ2) is 62.2. The fourth-order valence-corrected chi connectivity index (χ4v) is 9.89. The Bertz CT molecular complexity index is 1800. The first-order chi connectivity index (χ1) is 40.0. The highest BCUT2D eigenvalue weighted by Crippen LogP contribution is 2.43. The van der Waals surface area contributed by atoms with Crippen molar-refractivity contribution >= 4 is 13.7 Å². The van der Waals surface area contributed by atoms with Crippen LogP contribution in [0.1, 0.15) is 271 Å². The highest BCUT2D eigenvalue weighted by Gasteiger charge is 2.27. The smallest absolute Gasteiger partial charge is 0.387 e. The van der Waals surface area contributed by atoms with Gasteiger partial charge in [0.2, 0.25) is 5.91 Å². The molecule has 0 saturated carbocycles. The molecule has 82 heavy (non-hydrogen) atoms. The van der Waals surface area contributed by atoms with Crippen LogP contribution in [0.15, 0.2) is 134 Å². The summed E-state index contributed by atoms with van der Waals surface area (Å²) in [6.45, 7) is 4.67. The molecule has 0 aliphatic heterocycles. The number of carbonyl (C=O) groups excluding carboxylic acids is 1. The Morgan fingerprint density at radius 2 is 0.744 bits per heavy atom. The van der Waals surface area contributed by atoms with Gasteiger partial charge in [0.05, 0.1) is 39.9 Å². The van der Waals surface area contributed by atoms with Gasteiger partial charge in [-0.15, -0.1) is 0 Å². The number of quaternary nitrogens is 1. The first kappa shape index (κ1) is 78.6. The third-order valence-corrected chi connectivity index (χ3v) is 15.3. The molecule has 9 heteroatoms. The van der Waals surface area contributed by atoms with Crippen LogP contribution >= 0.6 is 7.82 Å². The van der Waals surface area contributed by atoms with Crippen LogP contribution in [-0.2, 0) is 18.4 Å². The van der Waals surface area contributed by atoms with Crippen LogP contribution in [0.4, 0.5) is 0 Å². The standard InChI is InChI=1S/C73H127N2O6P/c1-6-8-10-12-14-16-18-20-22-24-26-28-30-32-34-35-36-37-38-39-41-43-45-47-49-51-53-55-57-59-61-63-65-67-73(77)74-71(70-81-82(78,79)80-69-68-75(3,4)5)72(76)66-64-62-60-58-56-54-52-50-48-46-44-42-40-33-31-29-27-25-23-21-19-17-15-13-11-9-7-2/h8,10,14,16,20,22,26,28,32,34,36-37,39,41,45,47-48,50,56,58,64,66,71-72,76H,6-7,9,11-13,15,17-19,21,23-25,27,29-31,33,35,38,40,42-44,46,49,51-55,57,59-63,65,67-70H2,1-5H3,(H-,74,77,78,79)/p+1/b10-8-,16-14-,22-20-,28-26-,34-32-,37-36-,41-39-,47-45-,50-48+,58-56+,66-64+. The number of likely N-dealkylation sites (N-methyl/N-ethyl adjacent to an activating group) is 1. The summed E-state index contributed by atoms with van der Waals surface area (Å²) < 4.78 is 23.8. The number of phosphoric ester groups is 1. The Balaban J connectivity index is 4.25. The molecule has 0 aliphatic carbocycles. The minimum atomic E-state index is -4.38. The van der Waals surface area contributed by atoms with E-state index in [1.807, 2.05) is 27.2 Å². The van der Waals surface area contributed by atoms with E-state index in [-0.39, 0.29) is 19.1 Å². The number of hydrogen-bond acceptors (Lipinski definition) is 5. The lowest BCUT2D eigenvalue weighted by molar-refractivity contribution is -0.870. The van der Waals surface area contributed by atoms with Gasteiger partial charge in [-0.05, 0) is 109 Å². The maximum atomic E-state index is 13.0. The van der Waals surface area contributed by atoms with Crippen LogP contribution in [0.2, 0.25) is 0 Å². The summed E-state index contributed by atoms with van der Waals surface area (Å²) in [4.78, 5) is 23.4. The predicted octanol–water partition coefficient (Wildman–Crippen LogP) is 21.4. The molecule has 0 aromatic heterocycles. The van der Waals surface area contributed by atoms with Crippen molar-refractivity contribution in [3.8, 4) is 0 Å². The number of allylic oxidation sites excluding steroid dienone is 21. The van der Waals surface area contributed by atoms with E-state index < -0.39 is 20.0 Å². The van der Waals surface area contributed by atoms with Crippen LogP contribution in [0.25, 0.3) is 0 Å². The Morgan fingerprint density at radius 3 is 1.12 bits per heavy atom. The predicted molar refractivity (Wildman–Crippen MR) is 359 cm³/mol. The minimum Gasteiger partial charge on any atom is -0.387 e. The number of aliphatic hydroxyl groups excluding tert-OH is 1. The number of aliphatic hydroxyl groups is 1. The van der Waals surface area contributed by atoms with Crippen LogP contribution in [0.3, 0.4) is 0 Å². The van der Waals surface area contributed by atoms with Crippen molar-refractivity contribution < 1.29 is 32.9 Å². The van der Waals surface area contributed by atoms with Gasteiger partial charge in [-0.1, -0.05) is 289 Å². The lowest BCUT2D eigenvalue weighted by atomic mass is 10.0. The quantitative estimate of drug-likeness (QED) is 0.0243. The van der Waals surface area contributed by atoms with E-state index in [9.17, 15) is 19.4 Å². The normalized spacial score (nSPS) is 14.6. The number of hydrogen-bond donors (Lipinski definition) is 3. The number of amides is 1. The van der Waals surface area contributed by atoms with Crippen molar-refractivity contribution in [2.75, 3.05) is 40.9 Å². The molecule has 0 rings (SSSR count). The molecule has 0 aromatic rings. The molecular formula is C73H128N2O6P+. The van der Waals surface area contributed by atoms with Gasteiger partial charge in [0.25, 0.3) is 0 Å². The summed E-state index contributed by atoms with van der Waals surface area (Å²) in [5, 5.41) is 14.0. The van der Waals surface area contributed by atoms with Crippen molar-refractivity contribution in [2.45, 2.75) is 283 Å². The van der Waals surface area contributed by atoms with E-state index in [4.69, 9.17) is 9.05 Å². The third kappa shape index (κ3) is 64.2. The molecule has 0 saturated heterocycles. The fourth-order valence-electron chi connectivity index (χ4n) is 9.15. The third-order valence-electron chi connectivity index (χ3n) is 14.3. The number of carbonyl (C=O) groups is 1. The van der Waals surface area contributed by atoms with Crippen LogP contribution < -0.4 is 5.32 Å². The molecule has 0 radical (unpaired) electrons. The van der Waals surface area contributed by atoms with Gasteiger partial charge in [0.1, 0.15) is 13.2 Å². The lowest BCUT2D eigenvalue weighted by Gasteiger charge is -2.25. The van der Waals surface area contributed by atoms with Gasteiger partial charge in [-0.2, -0.15) is 0 Å². The monoisotopic (exact) mass is 1160 g/mol. The van der Waals surface area contributed by atoms with E-state index in [2.05, 4.69) is 141 Å². The number of nitrogens with zero attached hydrogens (tertiary/aromatic N) is 1. The summed E-state index contributed by atoms with van der Waals surface area (Å²) in [5.41, 5.74) is 0. The summed E-state index contributed by atoms with van der Waals surface area (Å²) in [6.07, 6.45) is 94.4. The average Bonchev–Trinajstić information content (AvgIpc) is 3.47. The van der Waals surface area contributed by atoms with Gasteiger partial charge in [-0.25, -0.2) is 4.57 Å². The molecular weight excluding hydrogens is 1030 g/mol. The molecule has 0 spiro atoms. The van der Waals surface area contributed by atoms with Crippen molar-refractivity contribution in [3.05, 3.63) is 134 Å². The summed E-state index contributed by atoms with van der Waals surface area (Å²) in [6, 6.07) is -0.886. The molecule has 470 valence electrons. The van der Waals surface area contributed by atoms with E-state index in [0.717, 1.165) is 109 Å². The number of unbranched alkanes of at least 4 members (excludes halogenated alkanes) is 27. The van der Waals surface area contributed by atoms with Crippen LogP contribution in [-0.4, -0.2) is 73.4 Å². The first-order valence-electron chi connectivity index (χ1n) is 33.6. The molecule has 3 atom stereocenters. The fraction of sp³-hybridized carbons (Fsp3) is 0.685. The first-order valence-corrected chi connectivity index (χ1v) is 35.1. The Hall–Kier alpha value is -3.36. The number of rotatable bonds is 60. The molecule has 0 fully saturated rings. The topological polar surface area (TPSA) is 105 Å². The molecule has 0 bridgehead atoms. The summed E-state index contributed by atoms with van der Waals surface area (Å²) >= 11 is 0. The van der Waals surface area contributed by atoms with Gasteiger partial charge in [-0.3, -0.25) is 13.8 Å². The summed E-state index contributed by atoms with van der Waals surface area (Å²) in [7, 11) is 1.53. The lowest BCUT2D eigenvalue weighted by Crippen LogP contribution is -2.45. The average molecular weight is 1160 g/mol. The highest BCUT2D eigenvalue weighted by molar-refractivity contribution is 7.47. The Kier molecular flexibility index (Phi) is 59.6. The number of phosphoric acid groups is 1. The van der Waals surface area contributed by atoms with Gasteiger partial charge >= 0.3 is 7.82 Å². The van der Waals surface area contributed by atoms with Crippen molar-refractivity contribution in [2.24, 2.45) is 0 Å². The van der Waals surface area contributed by atoms with Gasteiger partial charge < -0.3 is 19.8 Å². The maximum absolute atomic E-state index is 13.0. The van der Waals surface area contributed by atoms with Gasteiger partial charge in [0.15, 0.2) is 0 Å². The molecule has 0 aromatic carbocycles. The largest absolute Gasteiger partial charge is 0.472 e. The van der Waals surface area contributed by atoms with E-state index in [1.54, 1.807) is 6.08 Å². The second-order valence-electron chi connectivity index (χ2n) is 23.4. The van der Waals surface area contributed by atoms with E-state index in [1.165, 1.54) is 141 Å². The zero-order valence-electron chi connectivity index (χ0n) is 53.7. The molecule has 0 aliphatic rings. The summed E-state index contributed by atoms with van der Waals surface area (Å²) in [5.74, 6) is -0.203. The zero-order valence-corrected chi connectivity index (χ0v) is 54.6. The van der Waals surface area contributed by atoms with Crippen molar-refractivity contribution in [1.82, 2.24) is 5.32 Å². The zero-order chi connectivity index (χ0) is 59.8. The molecule has 3 unspecified atom stereocenters. The molecule has 3 N–H and O–H groups in total. The molecule has 0 heterocycles.